The van der Waals surface area contributed by atoms with Crippen LogP contribution in [0.4, 0.5) is 0 Å². The van der Waals surface area contributed by atoms with Crippen LogP contribution >= 0.6 is 0 Å². The van der Waals surface area contributed by atoms with Gasteiger partial charge in [0.05, 0.1) is 18.4 Å². The molecule has 0 radical (unpaired) electrons. The molecule has 0 aromatic carbocycles. The molecule has 114 valence electrons. The molecule has 1 aliphatic rings. The summed E-state index contributed by atoms with van der Waals surface area (Å²) in [4.78, 5) is 19.7. The Kier molecular flexibility index (Phi) is 3.98. The second-order valence-electron chi connectivity index (χ2n) is 5.45. The summed E-state index contributed by atoms with van der Waals surface area (Å²) in [5, 5.41) is 9.35. The number of hydrogen-bond donors (Lipinski definition) is 2. The van der Waals surface area contributed by atoms with E-state index in [1.807, 2.05) is 11.0 Å². The SMILES string of the molecule is CCC(CO)N1CCN(C(=O)c2cc3occc3[nH]2)CC1. The van der Waals surface area contributed by atoms with Crippen LogP contribution in [0.25, 0.3) is 11.1 Å². The summed E-state index contributed by atoms with van der Waals surface area (Å²) in [7, 11) is 0. The Hall–Kier alpha value is -1.79. The fourth-order valence-electron chi connectivity index (χ4n) is 2.93. The number of aromatic amines is 1. The Morgan fingerprint density at radius 2 is 2.19 bits per heavy atom. The minimum absolute atomic E-state index is 0.0121. The number of amides is 1. The van der Waals surface area contributed by atoms with Crippen LogP contribution in [0, 0.1) is 0 Å². The van der Waals surface area contributed by atoms with Crippen LogP contribution in [0.3, 0.4) is 0 Å². The van der Waals surface area contributed by atoms with E-state index in [0.29, 0.717) is 24.4 Å². The van der Waals surface area contributed by atoms with Crippen molar-refractivity contribution in [3.63, 3.8) is 0 Å². The molecule has 0 aliphatic carbocycles. The summed E-state index contributed by atoms with van der Waals surface area (Å²) in [5.74, 6) is 0.0121. The van der Waals surface area contributed by atoms with Crippen LogP contribution in [0.2, 0.25) is 0 Å². The van der Waals surface area contributed by atoms with E-state index in [1.54, 1.807) is 12.3 Å². The number of furan rings is 1. The van der Waals surface area contributed by atoms with E-state index in [9.17, 15) is 9.90 Å². The summed E-state index contributed by atoms with van der Waals surface area (Å²) in [6, 6.07) is 3.78. The number of aromatic nitrogens is 1. The van der Waals surface area contributed by atoms with Crippen LogP contribution in [0.1, 0.15) is 23.8 Å². The first kappa shape index (κ1) is 14.2. The molecule has 6 nitrogen and oxygen atoms in total. The molecule has 2 aromatic heterocycles. The molecule has 0 saturated carbocycles. The Bertz CT molecular complexity index is 578. The van der Waals surface area contributed by atoms with E-state index in [0.717, 1.165) is 25.0 Å². The molecule has 3 heterocycles. The van der Waals surface area contributed by atoms with Gasteiger partial charge in [-0.05, 0) is 6.42 Å². The van der Waals surface area contributed by atoms with Gasteiger partial charge in [0.2, 0.25) is 0 Å². The first-order valence-corrected chi connectivity index (χ1v) is 7.43. The van der Waals surface area contributed by atoms with Crippen molar-refractivity contribution in [2.24, 2.45) is 0 Å². The van der Waals surface area contributed by atoms with Crippen LogP contribution in [0.5, 0.6) is 0 Å². The zero-order valence-corrected chi connectivity index (χ0v) is 12.2. The normalized spacial score (nSPS) is 18.3. The van der Waals surface area contributed by atoms with Crippen molar-refractivity contribution in [3.05, 3.63) is 24.1 Å². The predicted octanol–water partition coefficient (Wildman–Crippen LogP) is 1.29. The number of fused-ring (bicyclic) bond motifs is 1. The van der Waals surface area contributed by atoms with Gasteiger partial charge in [0.1, 0.15) is 5.69 Å². The van der Waals surface area contributed by atoms with Crippen LogP contribution < -0.4 is 0 Å². The van der Waals surface area contributed by atoms with Gasteiger partial charge in [-0.2, -0.15) is 0 Å². The third kappa shape index (κ3) is 2.69. The Morgan fingerprint density at radius 1 is 1.43 bits per heavy atom. The Labute approximate surface area is 123 Å². The van der Waals surface area contributed by atoms with E-state index >= 15 is 0 Å². The molecule has 1 unspecified atom stereocenters. The van der Waals surface area contributed by atoms with Gasteiger partial charge in [-0.1, -0.05) is 6.92 Å². The molecule has 0 bridgehead atoms. The zero-order valence-electron chi connectivity index (χ0n) is 12.2. The summed E-state index contributed by atoms with van der Waals surface area (Å²) in [6.07, 6.45) is 2.53. The van der Waals surface area contributed by atoms with Gasteiger partial charge in [-0.15, -0.1) is 0 Å². The van der Waals surface area contributed by atoms with E-state index in [2.05, 4.69) is 16.8 Å². The van der Waals surface area contributed by atoms with E-state index in [-0.39, 0.29) is 18.6 Å². The molecule has 1 amide bonds. The number of carbonyl (C=O) groups excluding carboxylic acids is 1. The third-order valence-corrected chi connectivity index (χ3v) is 4.27. The molecule has 1 atom stereocenters. The highest BCUT2D eigenvalue weighted by molar-refractivity contribution is 5.96. The summed E-state index contributed by atoms with van der Waals surface area (Å²) in [5.41, 5.74) is 2.14. The number of H-pyrrole nitrogens is 1. The molecule has 1 aliphatic heterocycles. The maximum absolute atomic E-state index is 12.5. The lowest BCUT2D eigenvalue weighted by molar-refractivity contribution is 0.0469. The number of carbonyl (C=O) groups is 1. The minimum atomic E-state index is 0.0121. The number of aliphatic hydroxyl groups excluding tert-OH is 1. The summed E-state index contributed by atoms with van der Waals surface area (Å²) < 4.78 is 5.28. The Balaban J connectivity index is 1.63. The average molecular weight is 291 g/mol. The van der Waals surface area contributed by atoms with Crippen molar-refractivity contribution in [2.75, 3.05) is 32.8 Å². The van der Waals surface area contributed by atoms with Crippen molar-refractivity contribution in [1.29, 1.82) is 0 Å². The quantitative estimate of drug-likeness (QED) is 0.890. The minimum Gasteiger partial charge on any atom is -0.463 e. The third-order valence-electron chi connectivity index (χ3n) is 4.27. The number of nitrogens with zero attached hydrogens (tertiary/aromatic N) is 2. The van der Waals surface area contributed by atoms with Gasteiger partial charge in [-0.3, -0.25) is 9.69 Å². The predicted molar refractivity (Wildman–Crippen MR) is 79.2 cm³/mol. The fourth-order valence-corrected chi connectivity index (χ4v) is 2.93. The molecule has 1 saturated heterocycles. The maximum atomic E-state index is 12.5. The number of rotatable bonds is 4. The van der Waals surface area contributed by atoms with E-state index in [1.165, 1.54) is 0 Å². The van der Waals surface area contributed by atoms with Gasteiger partial charge in [0, 0.05) is 44.4 Å². The molecular formula is C15H21N3O3. The fraction of sp³-hybridized carbons (Fsp3) is 0.533. The number of hydrogen-bond acceptors (Lipinski definition) is 4. The standard InChI is InChI=1S/C15H21N3O3/c1-2-11(10-19)17-4-6-18(7-5-17)15(20)13-9-14-12(16-13)3-8-21-14/h3,8-9,11,16,19H,2,4-7,10H2,1H3. The monoisotopic (exact) mass is 291 g/mol. The summed E-state index contributed by atoms with van der Waals surface area (Å²) in [6.45, 7) is 5.25. The molecule has 6 heteroatoms. The van der Waals surface area contributed by atoms with Gasteiger partial charge >= 0.3 is 0 Å². The van der Waals surface area contributed by atoms with Crippen molar-refractivity contribution in [2.45, 2.75) is 19.4 Å². The molecule has 0 spiro atoms. The van der Waals surface area contributed by atoms with Crippen LogP contribution in [-0.4, -0.2) is 64.6 Å². The van der Waals surface area contributed by atoms with E-state index in [4.69, 9.17) is 4.42 Å². The molecule has 3 rings (SSSR count). The lowest BCUT2D eigenvalue weighted by Gasteiger charge is -2.38. The second-order valence-corrected chi connectivity index (χ2v) is 5.45. The largest absolute Gasteiger partial charge is 0.463 e. The van der Waals surface area contributed by atoms with Crippen molar-refractivity contribution >= 4 is 17.0 Å². The highest BCUT2D eigenvalue weighted by atomic mass is 16.3. The second kappa shape index (κ2) is 5.91. The van der Waals surface area contributed by atoms with Gasteiger partial charge in [0.25, 0.3) is 5.91 Å². The molecule has 21 heavy (non-hydrogen) atoms. The Morgan fingerprint density at radius 3 is 2.81 bits per heavy atom. The lowest BCUT2D eigenvalue weighted by Crippen LogP contribution is -2.52. The van der Waals surface area contributed by atoms with E-state index < -0.39 is 0 Å². The highest BCUT2D eigenvalue weighted by Gasteiger charge is 2.26. The number of aliphatic hydroxyl groups is 1. The van der Waals surface area contributed by atoms with Gasteiger partial charge in [-0.25, -0.2) is 0 Å². The van der Waals surface area contributed by atoms with Gasteiger partial charge in [0.15, 0.2) is 5.58 Å². The smallest absolute Gasteiger partial charge is 0.270 e. The zero-order chi connectivity index (χ0) is 14.8. The summed E-state index contributed by atoms with van der Waals surface area (Å²) >= 11 is 0. The number of nitrogens with one attached hydrogen (secondary N) is 1. The first-order valence-electron chi connectivity index (χ1n) is 7.43. The molecular weight excluding hydrogens is 270 g/mol. The maximum Gasteiger partial charge on any atom is 0.270 e. The van der Waals surface area contributed by atoms with Crippen LogP contribution in [-0.2, 0) is 0 Å². The average Bonchev–Trinajstić information content (AvgIpc) is 3.10. The highest BCUT2D eigenvalue weighted by Crippen LogP contribution is 2.18. The molecule has 1 fully saturated rings. The van der Waals surface area contributed by atoms with Crippen molar-refractivity contribution in [1.82, 2.24) is 14.8 Å². The lowest BCUT2D eigenvalue weighted by atomic mass is 10.1. The number of piperazine rings is 1. The molecule has 2 aromatic rings. The van der Waals surface area contributed by atoms with Crippen molar-refractivity contribution in [3.8, 4) is 0 Å². The van der Waals surface area contributed by atoms with Crippen LogP contribution in [0.15, 0.2) is 22.8 Å². The topological polar surface area (TPSA) is 72.7 Å². The first-order chi connectivity index (χ1) is 10.2. The van der Waals surface area contributed by atoms with Gasteiger partial charge < -0.3 is 19.4 Å². The van der Waals surface area contributed by atoms with Crippen molar-refractivity contribution < 1.29 is 14.3 Å². The molecule has 2 N–H and O–H groups in total.